The third-order valence-electron chi connectivity index (χ3n) is 2.77. The predicted molar refractivity (Wildman–Crippen MR) is 63.6 cm³/mol. The summed E-state index contributed by atoms with van der Waals surface area (Å²) in [7, 11) is 0. The molecule has 0 radical (unpaired) electrons. The fraction of sp³-hybridized carbons (Fsp3) is 0.727. The molecule has 0 bridgehead atoms. The molecule has 3 N–H and O–H groups in total. The monoisotopic (exact) mass is 240 g/mol. The Morgan fingerprint density at radius 2 is 2.24 bits per heavy atom. The van der Waals surface area contributed by atoms with Crippen molar-refractivity contribution in [3.8, 4) is 0 Å². The van der Waals surface area contributed by atoms with Gasteiger partial charge in [-0.05, 0) is 19.8 Å². The van der Waals surface area contributed by atoms with Crippen molar-refractivity contribution >= 4 is 5.91 Å². The van der Waals surface area contributed by atoms with E-state index in [0.29, 0.717) is 12.2 Å². The molecule has 1 aromatic heterocycles. The molecular weight excluding hydrogens is 220 g/mol. The van der Waals surface area contributed by atoms with E-state index in [1.165, 1.54) is 0 Å². The number of H-pyrrole nitrogens is 1. The van der Waals surface area contributed by atoms with Crippen LogP contribution in [0.4, 0.5) is 0 Å². The summed E-state index contributed by atoms with van der Waals surface area (Å²) in [6, 6.07) is 0. The van der Waals surface area contributed by atoms with E-state index >= 15 is 0 Å². The number of aliphatic hydroxyl groups is 1. The lowest BCUT2D eigenvalue weighted by atomic mass is 10.0. The number of aromatic amines is 1. The number of amides is 1. The van der Waals surface area contributed by atoms with E-state index in [1.54, 1.807) is 6.92 Å². The van der Waals surface area contributed by atoms with Crippen LogP contribution in [0.2, 0.25) is 0 Å². The number of carbonyl (C=O) groups is 1. The van der Waals surface area contributed by atoms with Gasteiger partial charge in [0.2, 0.25) is 5.82 Å². The number of hydrogen-bond donors (Lipinski definition) is 3. The second-order valence-electron chi connectivity index (χ2n) is 4.38. The van der Waals surface area contributed by atoms with Gasteiger partial charge >= 0.3 is 0 Å². The summed E-state index contributed by atoms with van der Waals surface area (Å²) in [5.74, 6) is 0.475. The van der Waals surface area contributed by atoms with Crippen molar-refractivity contribution in [1.82, 2.24) is 20.5 Å². The van der Waals surface area contributed by atoms with E-state index in [1.807, 2.05) is 13.8 Å². The molecular formula is C11H20N4O2. The SMILES string of the molecule is CCCc1nc(C(=O)NC(C)(CC)CO)n[nH]1. The minimum atomic E-state index is -0.622. The summed E-state index contributed by atoms with van der Waals surface area (Å²) < 4.78 is 0. The first-order valence-electron chi connectivity index (χ1n) is 5.89. The molecule has 0 saturated carbocycles. The number of aryl methyl sites for hydroxylation is 1. The molecule has 0 aliphatic carbocycles. The molecule has 1 heterocycles. The third-order valence-corrected chi connectivity index (χ3v) is 2.77. The van der Waals surface area contributed by atoms with Crippen LogP contribution in [0, 0.1) is 0 Å². The molecule has 6 heteroatoms. The maximum Gasteiger partial charge on any atom is 0.291 e. The molecule has 0 aliphatic heterocycles. The third kappa shape index (κ3) is 3.52. The Balaban J connectivity index is 2.69. The van der Waals surface area contributed by atoms with E-state index < -0.39 is 5.54 Å². The van der Waals surface area contributed by atoms with Crippen LogP contribution >= 0.6 is 0 Å². The molecule has 0 saturated heterocycles. The standard InChI is InChI=1S/C11H20N4O2/c1-4-6-8-12-9(15-14-8)10(17)13-11(3,5-2)7-16/h16H,4-7H2,1-3H3,(H,13,17)(H,12,14,15). The normalized spacial score (nSPS) is 14.4. The largest absolute Gasteiger partial charge is 0.394 e. The smallest absolute Gasteiger partial charge is 0.291 e. The second-order valence-corrected chi connectivity index (χ2v) is 4.38. The van der Waals surface area contributed by atoms with E-state index in [4.69, 9.17) is 0 Å². The number of hydrogen-bond acceptors (Lipinski definition) is 4. The number of nitrogens with one attached hydrogen (secondary N) is 2. The Morgan fingerprint density at radius 3 is 2.76 bits per heavy atom. The van der Waals surface area contributed by atoms with Crippen LogP contribution in [-0.4, -0.2) is 38.3 Å². The van der Waals surface area contributed by atoms with Crippen molar-refractivity contribution in [2.75, 3.05) is 6.61 Å². The van der Waals surface area contributed by atoms with Gasteiger partial charge in [0.05, 0.1) is 12.1 Å². The molecule has 0 spiro atoms. The quantitative estimate of drug-likeness (QED) is 0.680. The summed E-state index contributed by atoms with van der Waals surface area (Å²) in [6.07, 6.45) is 2.35. The molecule has 1 amide bonds. The first-order chi connectivity index (χ1) is 8.04. The minimum Gasteiger partial charge on any atom is -0.394 e. The Labute approximate surface area is 101 Å². The summed E-state index contributed by atoms with van der Waals surface area (Å²) in [5, 5.41) is 18.5. The van der Waals surface area contributed by atoms with Crippen LogP contribution in [0.1, 0.15) is 50.1 Å². The maximum absolute atomic E-state index is 11.8. The highest BCUT2D eigenvalue weighted by Gasteiger charge is 2.25. The Kier molecular flexibility index (Phi) is 4.62. The zero-order valence-corrected chi connectivity index (χ0v) is 10.6. The highest BCUT2D eigenvalue weighted by Crippen LogP contribution is 2.08. The molecule has 0 aromatic carbocycles. The van der Waals surface area contributed by atoms with Crippen molar-refractivity contribution in [2.45, 2.75) is 45.6 Å². The highest BCUT2D eigenvalue weighted by molar-refractivity contribution is 5.90. The van der Waals surface area contributed by atoms with Crippen LogP contribution in [0.25, 0.3) is 0 Å². The van der Waals surface area contributed by atoms with Gasteiger partial charge in [-0.15, -0.1) is 5.10 Å². The van der Waals surface area contributed by atoms with E-state index in [-0.39, 0.29) is 18.3 Å². The van der Waals surface area contributed by atoms with Crippen LogP contribution in [0.15, 0.2) is 0 Å². The van der Waals surface area contributed by atoms with Gasteiger partial charge in [-0.25, -0.2) is 4.98 Å². The van der Waals surface area contributed by atoms with E-state index in [9.17, 15) is 9.90 Å². The first-order valence-corrected chi connectivity index (χ1v) is 5.89. The van der Waals surface area contributed by atoms with E-state index in [0.717, 1.165) is 12.8 Å². The van der Waals surface area contributed by atoms with Gasteiger partial charge in [-0.1, -0.05) is 13.8 Å². The zero-order valence-electron chi connectivity index (χ0n) is 10.6. The minimum absolute atomic E-state index is 0.110. The zero-order chi connectivity index (χ0) is 12.9. The Hall–Kier alpha value is -1.43. The van der Waals surface area contributed by atoms with E-state index in [2.05, 4.69) is 20.5 Å². The average Bonchev–Trinajstić information content (AvgIpc) is 2.78. The predicted octanol–water partition coefficient (Wildman–Crippen LogP) is 0.648. The van der Waals surface area contributed by atoms with Crippen molar-refractivity contribution in [3.05, 3.63) is 11.6 Å². The van der Waals surface area contributed by atoms with Gasteiger partial charge in [-0.2, -0.15) is 0 Å². The topological polar surface area (TPSA) is 90.9 Å². The van der Waals surface area contributed by atoms with Crippen LogP contribution < -0.4 is 5.32 Å². The number of rotatable bonds is 6. The summed E-state index contributed by atoms with van der Waals surface area (Å²) in [5.41, 5.74) is -0.622. The molecule has 0 aliphatic rings. The summed E-state index contributed by atoms with van der Waals surface area (Å²) in [6.45, 7) is 5.60. The molecule has 1 unspecified atom stereocenters. The first kappa shape index (κ1) is 13.6. The molecule has 96 valence electrons. The maximum atomic E-state index is 11.8. The van der Waals surface area contributed by atoms with Gasteiger partial charge in [0, 0.05) is 6.42 Å². The molecule has 6 nitrogen and oxygen atoms in total. The molecule has 1 atom stereocenters. The van der Waals surface area contributed by atoms with Gasteiger partial charge in [-0.3, -0.25) is 9.89 Å². The fourth-order valence-corrected chi connectivity index (χ4v) is 1.32. The van der Waals surface area contributed by atoms with Crippen molar-refractivity contribution < 1.29 is 9.90 Å². The van der Waals surface area contributed by atoms with Crippen molar-refractivity contribution in [1.29, 1.82) is 0 Å². The van der Waals surface area contributed by atoms with Gasteiger partial charge < -0.3 is 10.4 Å². The lowest BCUT2D eigenvalue weighted by Crippen LogP contribution is -2.48. The lowest BCUT2D eigenvalue weighted by Gasteiger charge is -2.26. The molecule has 1 rings (SSSR count). The van der Waals surface area contributed by atoms with Gasteiger partial charge in [0.15, 0.2) is 0 Å². The van der Waals surface area contributed by atoms with Crippen LogP contribution in [-0.2, 0) is 6.42 Å². The van der Waals surface area contributed by atoms with Crippen molar-refractivity contribution in [3.63, 3.8) is 0 Å². The average molecular weight is 240 g/mol. The molecule has 1 aromatic rings. The Morgan fingerprint density at radius 1 is 1.53 bits per heavy atom. The van der Waals surface area contributed by atoms with Crippen molar-refractivity contribution in [2.24, 2.45) is 0 Å². The summed E-state index contributed by atoms with van der Waals surface area (Å²) in [4.78, 5) is 15.9. The Bertz CT molecular complexity index is 371. The number of carbonyl (C=O) groups excluding carboxylic acids is 1. The number of aromatic nitrogens is 3. The second kappa shape index (κ2) is 5.77. The highest BCUT2D eigenvalue weighted by atomic mass is 16.3. The number of nitrogens with zero attached hydrogens (tertiary/aromatic N) is 2. The van der Waals surface area contributed by atoms with Gasteiger partial charge in [0.1, 0.15) is 5.82 Å². The van der Waals surface area contributed by atoms with Crippen LogP contribution in [0.5, 0.6) is 0 Å². The number of aliphatic hydroxyl groups excluding tert-OH is 1. The molecule has 17 heavy (non-hydrogen) atoms. The molecule has 0 fully saturated rings. The van der Waals surface area contributed by atoms with Gasteiger partial charge in [0.25, 0.3) is 5.91 Å². The lowest BCUT2D eigenvalue weighted by molar-refractivity contribution is 0.0837. The summed E-state index contributed by atoms with van der Waals surface area (Å²) >= 11 is 0. The fourth-order valence-electron chi connectivity index (χ4n) is 1.32. The van der Waals surface area contributed by atoms with Crippen LogP contribution in [0.3, 0.4) is 0 Å².